The molecule has 0 saturated carbocycles. The van der Waals surface area contributed by atoms with E-state index in [0.717, 1.165) is 17.7 Å². The van der Waals surface area contributed by atoms with Crippen LogP contribution in [-0.2, 0) is 0 Å². The third-order valence-corrected chi connectivity index (χ3v) is 2.32. The van der Waals surface area contributed by atoms with Crippen LogP contribution in [0.2, 0.25) is 0 Å². The highest BCUT2D eigenvalue weighted by molar-refractivity contribution is 5.28. The molecule has 1 aromatic rings. The number of ether oxygens (including phenoxy) is 1. The highest BCUT2D eigenvalue weighted by Crippen LogP contribution is 2.17. The van der Waals surface area contributed by atoms with E-state index >= 15 is 0 Å². The van der Waals surface area contributed by atoms with Crippen LogP contribution in [0.3, 0.4) is 0 Å². The Morgan fingerprint density at radius 3 is 2.21 bits per heavy atom. The summed E-state index contributed by atoms with van der Waals surface area (Å²) in [5.41, 5.74) is 6.89. The molecule has 0 unspecified atom stereocenters. The molecule has 2 N–H and O–H groups in total. The van der Waals surface area contributed by atoms with Gasteiger partial charge in [0, 0.05) is 6.04 Å². The lowest BCUT2D eigenvalue weighted by Gasteiger charge is -2.13. The van der Waals surface area contributed by atoms with Gasteiger partial charge in [-0.25, -0.2) is 0 Å². The highest BCUT2D eigenvalue weighted by Gasteiger charge is 2.02. The van der Waals surface area contributed by atoms with Crippen molar-refractivity contribution in [2.75, 3.05) is 0 Å². The van der Waals surface area contributed by atoms with Gasteiger partial charge in [0.05, 0.1) is 6.10 Å². The molecule has 2 heteroatoms. The van der Waals surface area contributed by atoms with Crippen molar-refractivity contribution < 1.29 is 4.74 Å². The first-order valence-corrected chi connectivity index (χ1v) is 5.15. The summed E-state index contributed by atoms with van der Waals surface area (Å²) in [6.07, 6.45) is 1.30. The fourth-order valence-corrected chi connectivity index (χ4v) is 1.17. The predicted molar refractivity (Wildman–Crippen MR) is 59.4 cm³/mol. The molecule has 0 aliphatic heterocycles. The van der Waals surface area contributed by atoms with Crippen molar-refractivity contribution in [1.82, 2.24) is 0 Å². The molecular weight excluding hydrogens is 174 g/mol. The Labute approximate surface area is 86.1 Å². The third-order valence-electron chi connectivity index (χ3n) is 2.32. The van der Waals surface area contributed by atoms with Gasteiger partial charge < -0.3 is 10.5 Å². The van der Waals surface area contributed by atoms with Gasteiger partial charge in [-0.1, -0.05) is 19.1 Å². The van der Waals surface area contributed by atoms with Gasteiger partial charge in [-0.2, -0.15) is 0 Å². The van der Waals surface area contributed by atoms with Gasteiger partial charge in [-0.05, 0) is 38.0 Å². The average Bonchev–Trinajstić information content (AvgIpc) is 2.18. The van der Waals surface area contributed by atoms with Gasteiger partial charge in [-0.15, -0.1) is 0 Å². The van der Waals surface area contributed by atoms with Crippen molar-refractivity contribution in [2.24, 2.45) is 5.73 Å². The highest BCUT2D eigenvalue weighted by atomic mass is 16.5. The summed E-state index contributed by atoms with van der Waals surface area (Å²) in [6, 6.07) is 8.08. The lowest BCUT2D eigenvalue weighted by atomic mass is 10.1. The van der Waals surface area contributed by atoms with E-state index in [-0.39, 0.29) is 12.1 Å². The minimum absolute atomic E-state index is 0.0904. The van der Waals surface area contributed by atoms with Crippen molar-refractivity contribution in [1.29, 1.82) is 0 Å². The second-order valence-electron chi connectivity index (χ2n) is 3.69. The van der Waals surface area contributed by atoms with Crippen LogP contribution < -0.4 is 10.5 Å². The van der Waals surface area contributed by atoms with E-state index in [1.54, 1.807) is 0 Å². The molecule has 0 spiro atoms. The smallest absolute Gasteiger partial charge is 0.119 e. The second kappa shape index (κ2) is 5.01. The van der Waals surface area contributed by atoms with Gasteiger partial charge in [0.15, 0.2) is 0 Å². The molecule has 0 radical (unpaired) electrons. The third kappa shape index (κ3) is 3.04. The SMILES string of the molecule is CC[C@H](C)Oc1ccc([C@H](C)N)cc1. The molecular formula is C12H19NO. The molecule has 0 bridgehead atoms. The molecule has 14 heavy (non-hydrogen) atoms. The first kappa shape index (κ1) is 11.1. The molecule has 1 aromatic carbocycles. The summed E-state index contributed by atoms with van der Waals surface area (Å²) in [4.78, 5) is 0. The monoisotopic (exact) mass is 193 g/mol. The Morgan fingerprint density at radius 2 is 1.79 bits per heavy atom. The number of benzene rings is 1. The minimum atomic E-state index is 0.0904. The van der Waals surface area contributed by atoms with Crippen LogP contribution >= 0.6 is 0 Å². The van der Waals surface area contributed by atoms with Gasteiger partial charge in [0.1, 0.15) is 5.75 Å². The summed E-state index contributed by atoms with van der Waals surface area (Å²) >= 11 is 0. The van der Waals surface area contributed by atoms with Gasteiger partial charge >= 0.3 is 0 Å². The molecule has 78 valence electrons. The summed E-state index contributed by atoms with van der Waals surface area (Å²) < 4.78 is 5.66. The maximum atomic E-state index is 5.75. The maximum absolute atomic E-state index is 5.75. The van der Waals surface area contributed by atoms with Crippen LogP contribution in [0, 0.1) is 0 Å². The van der Waals surface area contributed by atoms with Crippen molar-refractivity contribution in [3.05, 3.63) is 29.8 Å². The van der Waals surface area contributed by atoms with E-state index in [4.69, 9.17) is 10.5 Å². The van der Waals surface area contributed by atoms with Crippen molar-refractivity contribution in [2.45, 2.75) is 39.3 Å². The summed E-state index contributed by atoms with van der Waals surface area (Å²) in [6.45, 7) is 6.16. The molecule has 0 heterocycles. The second-order valence-corrected chi connectivity index (χ2v) is 3.69. The fourth-order valence-electron chi connectivity index (χ4n) is 1.17. The maximum Gasteiger partial charge on any atom is 0.119 e. The van der Waals surface area contributed by atoms with Crippen LogP contribution in [0.4, 0.5) is 0 Å². The average molecular weight is 193 g/mol. The van der Waals surface area contributed by atoms with Crippen molar-refractivity contribution in [3.63, 3.8) is 0 Å². The summed E-state index contributed by atoms with van der Waals surface area (Å²) in [5.74, 6) is 0.920. The Bertz CT molecular complexity index is 266. The Hall–Kier alpha value is -1.02. The predicted octanol–water partition coefficient (Wildman–Crippen LogP) is 2.88. The van der Waals surface area contributed by atoms with E-state index in [9.17, 15) is 0 Å². The lowest BCUT2D eigenvalue weighted by molar-refractivity contribution is 0.217. The Kier molecular flexibility index (Phi) is 3.96. The van der Waals surface area contributed by atoms with Gasteiger partial charge in [-0.3, -0.25) is 0 Å². The standard InChI is InChI=1S/C12H19NO/c1-4-9(2)14-12-7-5-11(6-8-12)10(3)13/h5-10H,4,13H2,1-3H3/t9-,10-/m0/s1. The quantitative estimate of drug-likeness (QED) is 0.798. The molecule has 0 aliphatic rings. The normalized spacial score (nSPS) is 14.9. The zero-order chi connectivity index (χ0) is 10.6. The van der Waals surface area contributed by atoms with E-state index in [0.29, 0.717) is 0 Å². The molecule has 0 aliphatic carbocycles. The lowest BCUT2D eigenvalue weighted by Crippen LogP contribution is -2.10. The van der Waals surface area contributed by atoms with Gasteiger partial charge in [0.2, 0.25) is 0 Å². The van der Waals surface area contributed by atoms with Crippen LogP contribution in [0.15, 0.2) is 24.3 Å². The molecule has 0 amide bonds. The topological polar surface area (TPSA) is 35.2 Å². The zero-order valence-corrected chi connectivity index (χ0v) is 9.16. The Balaban J connectivity index is 2.64. The molecule has 2 atom stereocenters. The van der Waals surface area contributed by atoms with Crippen molar-refractivity contribution in [3.8, 4) is 5.75 Å². The van der Waals surface area contributed by atoms with E-state index in [1.165, 1.54) is 0 Å². The molecule has 0 saturated heterocycles. The molecule has 2 nitrogen and oxygen atoms in total. The van der Waals surface area contributed by atoms with Crippen LogP contribution in [0.1, 0.15) is 38.8 Å². The van der Waals surface area contributed by atoms with Crippen LogP contribution in [0.25, 0.3) is 0 Å². The largest absolute Gasteiger partial charge is 0.491 e. The van der Waals surface area contributed by atoms with E-state index < -0.39 is 0 Å². The molecule has 1 rings (SSSR count). The van der Waals surface area contributed by atoms with Crippen LogP contribution in [0.5, 0.6) is 5.75 Å². The van der Waals surface area contributed by atoms with E-state index in [1.807, 2.05) is 31.2 Å². The van der Waals surface area contributed by atoms with Gasteiger partial charge in [0.25, 0.3) is 0 Å². The summed E-state index contributed by atoms with van der Waals surface area (Å²) in [5, 5.41) is 0. The molecule has 0 aromatic heterocycles. The minimum Gasteiger partial charge on any atom is -0.491 e. The summed E-state index contributed by atoms with van der Waals surface area (Å²) in [7, 11) is 0. The van der Waals surface area contributed by atoms with E-state index in [2.05, 4.69) is 13.8 Å². The molecule has 0 fully saturated rings. The van der Waals surface area contributed by atoms with Crippen LogP contribution in [-0.4, -0.2) is 6.10 Å². The number of rotatable bonds is 4. The number of hydrogen-bond donors (Lipinski definition) is 1. The van der Waals surface area contributed by atoms with Crippen molar-refractivity contribution >= 4 is 0 Å². The first-order valence-electron chi connectivity index (χ1n) is 5.15. The zero-order valence-electron chi connectivity index (χ0n) is 9.16. The number of nitrogens with two attached hydrogens (primary N) is 1. The Morgan fingerprint density at radius 1 is 1.21 bits per heavy atom. The fraction of sp³-hybridized carbons (Fsp3) is 0.500. The first-order chi connectivity index (χ1) is 6.63. The number of hydrogen-bond acceptors (Lipinski definition) is 2.